The third kappa shape index (κ3) is 6.28. The summed E-state index contributed by atoms with van der Waals surface area (Å²) in [6, 6.07) is 5.80. The van der Waals surface area contributed by atoms with Crippen LogP contribution in [0.2, 0.25) is 0 Å². The molecule has 0 bridgehead atoms. The Morgan fingerprint density at radius 2 is 2.09 bits per heavy atom. The molecule has 23 heavy (non-hydrogen) atoms. The largest absolute Gasteiger partial charge is 0.382 e. The predicted molar refractivity (Wildman–Crippen MR) is 99.3 cm³/mol. The molecule has 0 atom stereocenters. The van der Waals surface area contributed by atoms with Gasteiger partial charge in [0.15, 0.2) is 17.4 Å². The number of halogens is 1. The average molecular weight is 434 g/mol. The summed E-state index contributed by atoms with van der Waals surface area (Å²) in [7, 11) is 3.38. The maximum Gasteiger partial charge on any atom is 0.191 e. The second kappa shape index (κ2) is 11.1. The molecule has 0 unspecified atom stereocenters. The number of guanidine groups is 1. The van der Waals surface area contributed by atoms with Gasteiger partial charge in [-0.05, 0) is 12.1 Å². The molecule has 0 fully saturated rings. The van der Waals surface area contributed by atoms with E-state index in [2.05, 4.69) is 25.8 Å². The van der Waals surface area contributed by atoms with Gasteiger partial charge in [0.25, 0.3) is 0 Å². The van der Waals surface area contributed by atoms with Crippen LogP contribution < -0.4 is 10.6 Å². The number of aliphatic imine (C=N–C) groups is 1. The van der Waals surface area contributed by atoms with E-state index in [9.17, 15) is 0 Å². The first-order valence-corrected chi connectivity index (χ1v) is 7.15. The van der Waals surface area contributed by atoms with Crippen molar-refractivity contribution in [2.45, 2.75) is 6.54 Å². The van der Waals surface area contributed by atoms with Gasteiger partial charge in [-0.3, -0.25) is 9.39 Å². The van der Waals surface area contributed by atoms with Gasteiger partial charge in [-0.15, -0.1) is 34.2 Å². The van der Waals surface area contributed by atoms with Gasteiger partial charge in [0.2, 0.25) is 0 Å². The van der Waals surface area contributed by atoms with Crippen LogP contribution in [0.4, 0.5) is 0 Å². The Balaban J connectivity index is 0.00000264. The lowest BCUT2D eigenvalue weighted by Gasteiger charge is -2.11. The first-order valence-electron chi connectivity index (χ1n) is 7.15. The van der Waals surface area contributed by atoms with Crippen molar-refractivity contribution in [2.75, 3.05) is 40.5 Å². The van der Waals surface area contributed by atoms with Crippen molar-refractivity contribution in [3.8, 4) is 0 Å². The molecule has 2 aromatic rings. The van der Waals surface area contributed by atoms with Crippen LogP contribution in [0.1, 0.15) is 5.82 Å². The third-order valence-electron chi connectivity index (χ3n) is 2.99. The van der Waals surface area contributed by atoms with Gasteiger partial charge in [-0.2, -0.15) is 0 Å². The Bertz CT molecular complexity index is 604. The van der Waals surface area contributed by atoms with Crippen molar-refractivity contribution in [2.24, 2.45) is 4.99 Å². The summed E-state index contributed by atoms with van der Waals surface area (Å²) in [6.45, 7) is 3.00. The molecule has 2 aromatic heterocycles. The quantitative estimate of drug-likeness (QED) is 0.275. The number of hydrogen-bond acceptors (Lipinski definition) is 5. The smallest absolute Gasteiger partial charge is 0.191 e. The second-order valence-electron chi connectivity index (χ2n) is 4.50. The number of methoxy groups -OCH3 is 1. The molecule has 0 aliphatic rings. The molecule has 2 N–H and O–H groups in total. The van der Waals surface area contributed by atoms with Crippen LogP contribution in [0.3, 0.4) is 0 Å². The topological polar surface area (TPSA) is 85.1 Å². The van der Waals surface area contributed by atoms with Crippen molar-refractivity contribution in [3.05, 3.63) is 30.2 Å². The molecular weight excluding hydrogens is 411 g/mol. The summed E-state index contributed by atoms with van der Waals surface area (Å²) in [5, 5.41) is 14.6. The second-order valence-corrected chi connectivity index (χ2v) is 4.50. The molecule has 2 heterocycles. The fourth-order valence-corrected chi connectivity index (χ4v) is 1.88. The standard InChI is InChI=1S/C14H22N6O2.HI/c1-15-14(16-6-8-22-10-9-21-2)17-11-13-19-18-12-5-3-4-7-20(12)13;/h3-5,7H,6,8-11H2,1-2H3,(H2,15,16,17);1H. The minimum atomic E-state index is 0. The third-order valence-corrected chi connectivity index (χ3v) is 2.99. The minimum absolute atomic E-state index is 0. The molecule has 0 aliphatic carbocycles. The van der Waals surface area contributed by atoms with Gasteiger partial charge in [0, 0.05) is 26.9 Å². The van der Waals surface area contributed by atoms with E-state index in [0.717, 1.165) is 11.5 Å². The lowest BCUT2D eigenvalue weighted by atomic mass is 10.4. The molecule has 0 saturated heterocycles. The Labute approximate surface area is 152 Å². The number of pyridine rings is 1. The summed E-state index contributed by atoms with van der Waals surface area (Å²) in [5.74, 6) is 1.53. The van der Waals surface area contributed by atoms with Crippen molar-refractivity contribution >= 4 is 35.6 Å². The highest BCUT2D eigenvalue weighted by Crippen LogP contribution is 2.01. The van der Waals surface area contributed by atoms with Crippen LogP contribution in [0.15, 0.2) is 29.4 Å². The molecule has 0 saturated carbocycles. The lowest BCUT2D eigenvalue weighted by Crippen LogP contribution is -2.39. The Hall–Kier alpha value is -1.46. The van der Waals surface area contributed by atoms with E-state index in [1.165, 1.54) is 0 Å². The zero-order valence-corrected chi connectivity index (χ0v) is 15.7. The predicted octanol–water partition coefficient (Wildman–Crippen LogP) is 0.675. The molecule has 0 spiro atoms. The number of aromatic nitrogens is 3. The van der Waals surface area contributed by atoms with Crippen LogP contribution in [-0.4, -0.2) is 61.1 Å². The lowest BCUT2D eigenvalue weighted by molar-refractivity contribution is 0.0733. The molecule has 128 valence electrons. The minimum Gasteiger partial charge on any atom is -0.382 e. The van der Waals surface area contributed by atoms with Crippen LogP contribution in [0, 0.1) is 0 Å². The van der Waals surface area contributed by atoms with E-state index in [-0.39, 0.29) is 24.0 Å². The summed E-state index contributed by atoms with van der Waals surface area (Å²) in [4.78, 5) is 4.16. The van der Waals surface area contributed by atoms with Crippen LogP contribution in [0.5, 0.6) is 0 Å². The number of fused-ring (bicyclic) bond motifs is 1. The number of nitrogens with zero attached hydrogens (tertiary/aromatic N) is 4. The van der Waals surface area contributed by atoms with E-state index in [0.29, 0.717) is 38.9 Å². The fraction of sp³-hybridized carbons (Fsp3) is 0.500. The maximum atomic E-state index is 5.38. The fourth-order valence-electron chi connectivity index (χ4n) is 1.88. The van der Waals surface area contributed by atoms with Gasteiger partial charge in [0.1, 0.15) is 0 Å². The van der Waals surface area contributed by atoms with Crippen LogP contribution >= 0.6 is 24.0 Å². The number of rotatable bonds is 8. The van der Waals surface area contributed by atoms with Gasteiger partial charge in [-0.1, -0.05) is 6.07 Å². The molecule has 2 rings (SSSR count). The molecular formula is C14H23IN6O2. The summed E-state index contributed by atoms with van der Waals surface area (Å²) < 4.78 is 12.2. The monoisotopic (exact) mass is 434 g/mol. The first kappa shape index (κ1) is 19.6. The number of nitrogens with one attached hydrogen (secondary N) is 2. The van der Waals surface area contributed by atoms with Crippen LogP contribution in [-0.2, 0) is 16.0 Å². The van der Waals surface area contributed by atoms with Crippen LogP contribution in [0.25, 0.3) is 5.65 Å². The first-order chi connectivity index (χ1) is 10.8. The molecule has 9 heteroatoms. The molecule has 8 nitrogen and oxygen atoms in total. The molecule has 0 aliphatic heterocycles. The van der Waals surface area contributed by atoms with E-state index >= 15 is 0 Å². The van der Waals surface area contributed by atoms with Gasteiger partial charge in [-0.25, -0.2) is 0 Å². The van der Waals surface area contributed by atoms with Gasteiger partial charge >= 0.3 is 0 Å². The van der Waals surface area contributed by atoms with Crippen molar-refractivity contribution in [1.82, 2.24) is 25.2 Å². The zero-order chi connectivity index (χ0) is 15.6. The summed E-state index contributed by atoms with van der Waals surface area (Å²) in [6.07, 6.45) is 1.94. The highest BCUT2D eigenvalue weighted by atomic mass is 127. The zero-order valence-electron chi connectivity index (χ0n) is 13.4. The van der Waals surface area contributed by atoms with Crippen molar-refractivity contribution < 1.29 is 9.47 Å². The Kier molecular flexibility index (Phi) is 9.48. The average Bonchev–Trinajstić information content (AvgIpc) is 2.97. The maximum absolute atomic E-state index is 5.38. The highest BCUT2D eigenvalue weighted by molar-refractivity contribution is 14.0. The summed E-state index contributed by atoms with van der Waals surface area (Å²) >= 11 is 0. The highest BCUT2D eigenvalue weighted by Gasteiger charge is 2.05. The number of ether oxygens (including phenoxy) is 2. The molecule has 0 aromatic carbocycles. The number of hydrogen-bond donors (Lipinski definition) is 2. The van der Waals surface area contributed by atoms with Crippen molar-refractivity contribution in [1.29, 1.82) is 0 Å². The summed E-state index contributed by atoms with van der Waals surface area (Å²) in [5.41, 5.74) is 0.828. The SMILES string of the molecule is CN=C(NCCOCCOC)NCc1nnc2ccccn12.I. The van der Waals surface area contributed by atoms with E-state index in [4.69, 9.17) is 9.47 Å². The molecule has 0 amide bonds. The normalized spacial score (nSPS) is 11.3. The Morgan fingerprint density at radius 1 is 1.22 bits per heavy atom. The van der Waals surface area contributed by atoms with Gasteiger partial charge < -0.3 is 20.1 Å². The van der Waals surface area contributed by atoms with Crippen molar-refractivity contribution in [3.63, 3.8) is 0 Å². The van der Waals surface area contributed by atoms with E-state index < -0.39 is 0 Å². The molecule has 0 radical (unpaired) electrons. The Morgan fingerprint density at radius 3 is 2.87 bits per heavy atom. The van der Waals surface area contributed by atoms with E-state index in [1.54, 1.807) is 14.2 Å². The van der Waals surface area contributed by atoms with Gasteiger partial charge in [0.05, 0.1) is 26.4 Å². The van der Waals surface area contributed by atoms with E-state index in [1.807, 2.05) is 28.8 Å².